The van der Waals surface area contributed by atoms with E-state index < -0.39 is 0 Å². The summed E-state index contributed by atoms with van der Waals surface area (Å²) in [5.41, 5.74) is 2.04. The number of fused-ring (bicyclic) bond motifs is 1. The molecular formula is C28H36N6O3. The van der Waals surface area contributed by atoms with Crippen molar-refractivity contribution in [2.45, 2.75) is 65.7 Å². The first-order chi connectivity index (χ1) is 17.7. The summed E-state index contributed by atoms with van der Waals surface area (Å²) in [7, 11) is 1.67. The van der Waals surface area contributed by atoms with Gasteiger partial charge in [0.2, 0.25) is 0 Å². The lowest BCUT2D eigenvalue weighted by atomic mass is 10.0. The molecule has 0 fully saturated rings. The van der Waals surface area contributed by atoms with Crippen molar-refractivity contribution in [2.75, 3.05) is 13.7 Å². The summed E-state index contributed by atoms with van der Waals surface area (Å²) in [6, 6.07) is 15.5. The molecule has 0 aliphatic heterocycles. The molecule has 4 aromatic rings. The molecule has 2 aromatic heterocycles. The highest BCUT2D eigenvalue weighted by molar-refractivity contribution is 5.80. The molecule has 9 heteroatoms. The van der Waals surface area contributed by atoms with E-state index in [1.54, 1.807) is 7.11 Å². The average Bonchev–Trinajstić information content (AvgIpc) is 3.36. The number of aromatic amines is 1. The number of hydrogen-bond acceptors (Lipinski definition) is 7. The Hall–Kier alpha value is -3.72. The monoisotopic (exact) mass is 504 g/mol. The number of nitrogens with one attached hydrogen (secondary N) is 1. The van der Waals surface area contributed by atoms with Crippen molar-refractivity contribution in [3.05, 3.63) is 75.8 Å². The van der Waals surface area contributed by atoms with Gasteiger partial charge in [0.05, 0.1) is 25.3 Å². The molecule has 0 bridgehead atoms. The summed E-state index contributed by atoms with van der Waals surface area (Å²) in [6.07, 6.45) is 0.756. The number of nitrogens with zero attached hydrogens (tertiary/aromatic N) is 5. The van der Waals surface area contributed by atoms with Crippen LogP contribution < -0.4 is 15.0 Å². The van der Waals surface area contributed by atoms with Gasteiger partial charge in [-0.2, -0.15) is 0 Å². The van der Waals surface area contributed by atoms with Crippen molar-refractivity contribution in [3.8, 4) is 11.5 Å². The lowest BCUT2D eigenvalue weighted by molar-refractivity contribution is 0.152. The summed E-state index contributed by atoms with van der Waals surface area (Å²) >= 11 is 0. The van der Waals surface area contributed by atoms with Crippen LogP contribution in [0.25, 0.3) is 10.9 Å². The van der Waals surface area contributed by atoms with E-state index in [2.05, 4.69) is 53.1 Å². The first-order valence-electron chi connectivity index (χ1n) is 12.7. The zero-order valence-electron chi connectivity index (χ0n) is 22.5. The van der Waals surface area contributed by atoms with Crippen LogP contribution in [0.4, 0.5) is 0 Å². The average molecular weight is 505 g/mol. The Morgan fingerprint density at radius 1 is 1.05 bits per heavy atom. The Kier molecular flexibility index (Phi) is 7.92. The van der Waals surface area contributed by atoms with Gasteiger partial charge in [-0.25, -0.2) is 4.68 Å². The molecule has 0 aliphatic carbocycles. The van der Waals surface area contributed by atoms with Gasteiger partial charge in [0.1, 0.15) is 11.5 Å². The van der Waals surface area contributed by atoms with Crippen LogP contribution in [0.3, 0.4) is 0 Å². The molecule has 0 unspecified atom stereocenters. The van der Waals surface area contributed by atoms with Crippen molar-refractivity contribution >= 4 is 10.9 Å². The smallest absolute Gasteiger partial charge is 0.252 e. The van der Waals surface area contributed by atoms with Gasteiger partial charge in [-0.05, 0) is 74.9 Å². The lowest BCUT2D eigenvalue weighted by Crippen LogP contribution is -2.35. The van der Waals surface area contributed by atoms with Crippen LogP contribution in [-0.2, 0) is 18.6 Å². The quantitative estimate of drug-likeness (QED) is 0.330. The zero-order chi connectivity index (χ0) is 26.6. The number of ether oxygens (including phenoxy) is 2. The van der Waals surface area contributed by atoms with Crippen LogP contribution in [0.15, 0.2) is 53.3 Å². The van der Waals surface area contributed by atoms with Crippen LogP contribution in [-0.4, -0.2) is 43.8 Å². The van der Waals surface area contributed by atoms with Crippen molar-refractivity contribution < 1.29 is 9.47 Å². The van der Waals surface area contributed by atoms with Crippen LogP contribution in [0.1, 0.15) is 64.0 Å². The zero-order valence-corrected chi connectivity index (χ0v) is 22.5. The number of H-pyrrole nitrogens is 1. The van der Waals surface area contributed by atoms with E-state index in [9.17, 15) is 4.79 Å². The molecule has 0 spiro atoms. The van der Waals surface area contributed by atoms with E-state index in [0.717, 1.165) is 40.2 Å². The number of hydrogen-bond donors (Lipinski definition) is 1. The molecule has 0 amide bonds. The van der Waals surface area contributed by atoms with Gasteiger partial charge >= 0.3 is 0 Å². The normalized spacial score (nSPS) is 12.7. The van der Waals surface area contributed by atoms with E-state index in [-0.39, 0.29) is 17.1 Å². The standard InChI is InChI=1S/C28H36N6O3/c1-7-24(26-30-31-32-34(26)28(3,4)5)33(17-19-11-9-10-12-25(19)36-6)18-21-15-20-16-22(37-8-2)13-14-23(20)29-27(21)35/h9-16,24H,7-8,17-18H2,1-6H3,(H,29,35)/t24-/m1/s1. The molecule has 2 aromatic carbocycles. The summed E-state index contributed by atoms with van der Waals surface area (Å²) < 4.78 is 13.2. The third kappa shape index (κ3) is 5.83. The highest BCUT2D eigenvalue weighted by atomic mass is 16.5. The van der Waals surface area contributed by atoms with Gasteiger partial charge in [0.25, 0.3) is 5.56 Å². The maximum Gasteiger partial charge on any atom is 0.252 e. The first kappa shape index (κ1) is 26.3. The lowest BCUT2D eigenvalue weighted by Gasteiger charge is -2.32. The van der Waals surface area contributed by atoms with E-state index in [4.69, 9.17) is 9.47 Å². The number of rotatable bonds is 10. The van der Waals surface area contributed by atoms with E-state index in [1.165, 1.54) is 0 Å². The second-order valence-electron chi connectivity index (χ2n) is 10.1. The fourth-order valence-corrected chi connectivity index (χ4v) is 4.63. The third-order valence-corrected chi connectivity index (χ3v) is 6.40. The van der Waals surface area contributed by atoms with Gasteiger partial charge in [-0.3, -0.25) is 9.69 Å². The predicted octanol–water partition coefficient (Wildman–Crippen LogP) is 4.83. The van der Waals surface area contributed by atoms with E-state index >= 15 is 0 Å². The highest BCUT2D eigenvalue weighted by Gasteiger charge is 2.30. The second-order valence-corrected chi connectivity index (χ2v) is 10.1. The van der Waals surface area contributed by atoms with E-state index in [0.29, 0.717) is 25.3 Å². The second kappa shape index (κ2) is 11.1. The Morgan fingerprint density at radius 2 is 1.81 bits per heavy atom. The molecule has 0 aliphatic rings. The van der Waals surface area contributed by atoms with Gasteiger partial charge in [0.15, 0.2) is 5.82 Å². The Balaban J connectivity index is 1.79. The van der Waals surface area contributed by atoms with Crippen LogP contribution >= 0.6 is 0 Å². The maximum atomic E-state index is 13.2. The van der Waals surface area contributed by atoms with E-state index in [1.807, 2.05) is 60.1 Å². The highest BCUT2D eigenvalue weighted by Crippen LogP contribution is 2.31. The molecule has 2 heterocycles. The number of benzene rings is 2. The molecule has 0 saturated heterocycles. The van der Waals surface area contributed by atoms with Gasteiger partial charge in [-0.15, -0.1) is 5.10 Å². The van der Waals surface area contributed by atoms with Crippen molar-refractivity contribution in [1.29, 1.82) is 0 Å². The molecule has 0 radical (unpaired) electrons. The Labute approximate surface area is 217 Å². The minimum atomic E-state index is -0.293. The minimum absolute atomic E-state index is 0.119. The largest absolute Gasteiger partial charge is 0.496 e. The summed E-state index contributed by atoms with van der Waals surface area (Å²) in [5.74, 6) is 2.34. The fraction of sp³-hybridized carbons (Fsp3) is 0.429. The SMILES string of the molecule is CCOc1ccc2[nH]c(=O)c(CN(Cc3ccccc3OC)[C@H](CC)c3nnnn3C(C)(C)C)cc2c1. The maximum absolute atomic E-state index is 13.2. The summed E-state index contributed by atoms with van der Waals surface area (Å²) in [6.45, 7) is 11.8. The van der Waals surface area contributed by atoms with Gasteiger partial charge in [-0.1, -0.05) is 25.1 Å². The van der Waals surface area contributed by atoms with Gasteiger partial charge < -0.3 is 14.5 Å². The van der Waals surface area contributed by atoms with Crippen molar-refractivity contribution in [2.24, 2.45) is 0 Å². The topological polar surface area (TPSA) is 98.2 Å². The first-order valence-corrected chi connectivity index (χ1v) is 12.7. The molecule has 1 atom stereocenters. The molecular weight excluding hydrogens is 468 g/mol. The predicted molar refractivity (Wildman–Crippen MR) is 144 cm³/mol. The molecule has 37 heavy (non-hydrogen) atoms. The van der Waals surface area contributed by atoms with Crippen LogP contribution in [0.2, 0.25) is 0 Å². The van der Waals surface area contributed by atoms with Gasteiger partial charge in [0, 0.05) is 35.1 Å². The summed E-state index contributed by atoms with van der Waals surface area (Å²) in [4.78, 5) is 18.5. The molecule has 4 rings (SSSR count). The number of aromatic nitrogens is 5. The Bertz CT molecular complexity index is 1410. The minimum Gasteiger partial charge on any atom is -0.496 e. The Morgan fingerprint density at radius 3 is 2.51 bits per heavy atom. The molecule has 1 N–H and O–H groups in total. The number of methoxy groups -OCH3 is 1. The number of para-hydroxylation sites is 1. The van der Waals surface area contributed by atoms with Crippen LogP contribution in [0.5, 0.6) is 11.5 Å². The molecule has 196 valence electrons. The molecule has 0 saturated carbocycles. The van der Waals surface area contributed by atoms with Crippen molar-refractivity contribution in [1.82, 2.24) is 30.1 Å². The number of pyridine rings is 1. The fourth-order valence-electron chi connectivity index (χ4n) is 4.63. The number of tetrazole rings is 1. The molecule has 9 nitrogen and oxygen atoms in total. The van der Waals surface area contributed by atoms with Crippen molar-refractivity contribution in [3.63, 3.8) is 0 Å². The summed E-state index contributed by atoms with van der Waals surface area (Å²) in [5, 5.41) is 13.7. The van der Waals surface area contributed by atoms with Crippen LogP contribution in [0, 0.1) is 0 Å². The third-order valence-electron chi connectivity index (χ3n) is 6.40.